The van der Waals surface area contributed by atoms with E-state index in [1.165, 1.54) is 5.56 Å². The summed E-state index contributed by atoms with van der Waals surface area (Å²) >= 11 is 12.1. The molecule has 0 aliphatic carbocycles. The Bertz CT molecular complexity index is 757. The molecule has 25 heavy (non-hydrogen) atoms. The molecular formula is C19H19Cl2N3O. The van der Waals surface area contributed by atoms with E-state index in [1.54, 1.807) is 42.7 Å². The highest BCUT2D eigenvalue weighted by Crippen LogP contribution is 2.22. The number of benzene rings is 1. The highest BCUT2D eigenvalue weighted by Gasteiger charge is 2.19. The second-order valence-corrected chi connectivity index (χ2v) is 6.80. The van der Waals surface area contributed by atoms with Crippen LogP contribution in [0.3, 0.4) is 0 Å². The third-order valence-electron chi connectivity index (χ3n) is 4.20. The van der Waals surface area contributed by atoms with Gasteiger partial charge in [-0.3, -0.25) is 14.7 Å². The monoisotopic (exact) mass is 375 g/mol. The summed E-state index contributed by atoms with van der Waals surface area (Å²) in [6.07, 6.45) is 6.90. The Morgan fingerprint density at radius 1 is 1.08 bits per heavy atom. The molecule has 1 aliphatic rings. The minimum atomic E-state index is -0.000367. The van der Waals surface area contributed by atoms with Gasteiger partial charge >= 0.3 is 0 Å². The van der Waals surface area contributed by atoms with Gasteiger partial charge in [-0.2, -0.15) is 0 Å². The Hall–Kier alpha value is -1.88. The van der Waals surface area contributed by atoms with Crippen LogP contribution in [0.4, 0.5) is 0 Å². The van der Waals surface area contributed by atoms with Crippen LogP contribution < -0.4 is 0 Å². The van der Waals surface area contributed by atoms with Gasteiger partial charge in [0.05, 0.1) is 0 Å². The summed E-state index contributed by atoms with van der Waals surface area (Å²) in [5, 5.41) is 1.18. The fourth-order valence-corrected chi connectivity index (χ4v) is 3.14. The number of carbonyl (C=O) groups is 1. The minimum Gasteiger partial charge on any atom is -0.337 e. The molecule has 0 bridgehead atoms. The van der Waals surface area contributed by atoms with Gasteiger partial charge in [0.15, 0.2) is 0 Å². The van der Waals surface area contributed by atoms with Gasteiger partial charge in [0, 0.05) is 61.2 Å². The smallest absolute Gasteiger partial charge is 0.246 e. The third-order valence-corrected chi connectivity index (χ3v) is 4.78. The van der Waals surface area contributed by atoms with Crippen molar-refractivity contribution in [1.82, 2.24) is 14.8 Å². The van der Waals surface area contributed by atoms with Crippen molar-refractivity contribution in [3.63, 3.8) is 0 Å². The van der Waals surface area contributed by atoms with Crippen LogP contribution >= 0.6 is 23.2 Å². The van der Waals surface area contributed by atoms with Gasteiger partial charge in [0.25, 0.3) is 0 Å². The zero-order chi connectivity index (χ0) is 17.6. The van der Waals surface area contributed by atoms with Gasteiger partial charge in [-0.1, -0.05) is 23.2 Å². The first kappa shape index (κ1) is 17.9. The maximum Gasteiger partial charge on any atom is 0.246 e. The molecule has 130 valence electrons. The van der Waals surface area contributed by atoms with Crippen LogP contribution in [-0.4, -0.2) is 46.9 Å². The lowest BCUT2D eigenvalue weighted by Gasteiger charge is -2.34. The number of piperazine rings is 1. The number of aromatic nitrogens is 1. The van der Waals surface area contributed by atoms with Crippen LogP contribution in [0.5, 0.6) is 0 Å². The molecule has 2 aromatic rings. The molecule has 0 unspecified atom stereocenters. The number of nitrogens with zero attached hydrogens (tertiary/aromatic N) is 3. The Morgan fingerprint density at radius 2 is 1.80 bits per heavy atom. The summed E-state index contributed by atoms with van der Waals surface area (Å²) in [4.78, 5) is 20.6. The molecule has 3 rings (SSSR count). The molecule has 0 N–H and O–H groups in total. The topological polar surface area (TPSA) is 36.4 Å². The van der Waals surface area contributed by atoms with Gasteiger partial charge in [-0.05, 0) is 47.5 Å². The summed E-state index contributed by atoms with van der Waals surface area (Å²) in [5.74, 6) is -0.000367. The van der Waals surface area contributed by atoms with Crippen LogP contribution in [0, 0.1) is 0 Å². The summed E-state index contributed by atoms with van der Waals surface area (Å²) in [5.41, 5.74) is 1.99. The molecule has 1 aromatic carbocycles. The molecule has 4 nitrogen and oxygen atoms in total. The van der Waals surface area contributed by atoms with Crippen molar-refractivity contribution in [3.8, 4) is 0 Å². The van der Waals surface area contributed by atoms with E-state index in [2.05, 4.69) is 9.88 Å². The summed E-state index contributed by atoms with van der Waals surface area (Å²) in [6.45, 7) is 4.05. The zero-order valence-electron chi connectivity index (χ0n) is 13.7. The summed E-state index contributed by atoms with van der Waals surface area (Å²) in [6, 6.07) is 9.25. The predicted molar refractivity (Wildman–Crippen MR) is 102 cm³/mol. The van der Waals surface area contributed by atoms with Crippen LogP contribution in [0.15, 0.2) is 48.8 Å². The average molecular weight is 376 g/mol. The van der Waals surface area contributed by atoms with E-state index in [4.69, 9.17) is 23.2 Å². The number of carbonyl (C=O) groups excluding carboxylic acids is 1. The number of rotatable bonds is 4. The van der Waals surface area contributed by atoms with Crippen molar-refractivity contribution in [2.75, 3.05) is 26.2 Å². The molecule has 1 aliphatic heterocycles. The van der Waals surface area contributed by atoms with Gasteiger partial charge < -0.3 is 4.90 Å². The number of hydrogen-bond donors (Lipinski definition) is 0. The zero-order valence-corrected chi connectivity index (χ0v) is 15.2. The van der Waals surface area contributed by atoms with E-state index in [0.29, 0.717) is 10.0 Å². The Balaban J connectivity index is 1.53. The largest absolute Gasteiger partial charge is 0.337 e. The van der Waals surface area contributed by atoms with Crippen molar-refractivity contribution in [3.05, 3.63) is 70.0 Å². The molecule has 0 radical (unpaired) electrons. The lowest BCUT2D eigenvalue weighted by Crippen LogP contribution is -2.47. The van der Waals surface area contributed by atoms with E-state index < -0.39 is 0 Å². The fourth-order valence-electron chi connectivity index (χ4n) is 2.78. The van der Waals surface area contributed by atoms with E-state index in [0.717, 1.165) is 38.3 Å². The number of halogens is 2. The molecule has 1 amide bonds. The van der Waals surface area contributed by atoms with E-state index in [9.17, 15) is 4.79 Å². The molecule has 0 spiro atoms. The van der Waals surface area contributed by atoms with Crippen LogP contribution in [0.2, 0.25) is 10.0 Å². The molecular weight excluding hydrogens is 357 g/mol. The molecule has 0 atom stereocenters. The third kappa shape index (κ3) is 5.05. The predicted octanol–water partition coefficient (Wildman–Crippen LogP) is 3.75. The van der Waals surface area contributed by atoms with Crippen molar-refractivity contribution < 1.29 is 4.79 Å². The molecule has 1 fully saturated rings. The van der Waals surface area contributed by atoms with E-state index in [1.807, 2.05) is 17.0 Å². The first-order chi connectivity index (χ1) is 12.1. The molecule has 6 heteroatoms. The van der Waals surface area contributed by atoms with Crippen molar-refractivity contribution in [1.29, 1.82) is 0 Å². The summed E-state index contributed by atoms with van der Waals surface area (Å²) in [7, 11) is 0. The number of amides is 1. The normalized spacial score (nSPS) is 15.7. The van der Waals surface area contributed by atoms with Crippen molar-refractivity contribution in [2.24, 2.45) is 0 Å². The molecule has 0 saturated carbocycles. The molecule has 2 heterocycles. The van der Waals surface area contributed by atoms with E-state index >= 15 is 0 Å². The lowest BCUT2D eigenvalue weighted by molar-refractivity contribution is -0.127. The van der Waals surface area contributed by atoms with Crippen LogP contribution in [0.25, 0.3) is 6.08 Å². The molecule has 1 aromatic heterocycles. The van der Waals surface area contributed by atoms with Gasteiger partial charge in [0.2, 0.25) is 5.91 Å². The van der Waals surface area contributed by atoms with Crippen LogP contribution in [-0.2, 0) is 11.3 Å². The minimum absolute atomic E-state index is 0.000367. The van der Waals surface area contributed by atoms with Gasteiger partial charge in [-0.25, -0.2) is 0 Å². The van der Waals surface area contributed by atoms with Gasteiger partial charge in [-0.15, -0.1) is 0 Å². The van der Waals surface area contributed by atoms with E-state index in [-0.39, 0.29) is 5.91 Å². The highest BCUT2D eigenvalue weighted by molar-refractivity contribution is 6.34. The van der Waals surface area contributed by atoms with Crippen molar-refractivity contribution in [2.45, 2.75) is 6.54 Å². The van der Waals surface area contributed by atoms with Crippen molar-refractivity contribution >= 4 is 35.2 Å². The first-order valence-electron chi connectivity index (χ1n) is 8.15. The second kappa shape index (κ2) is 8.48. The average Bonchev–Trinajstić information content (AvgIpc) is 2.64. The standard InChI is InChI=1S/C19H19Cl2N3O/c20-17-2-3-18(21)16(13-17)1-4-19(25)24-11-9-23(10-12-24)14-15-5-7-22-8-6-15/h1-8,13H,9-12,14H2/b4-1+. The fraction of sp³-hybridized carbons (Fsp3) is 0.263. The Morgan fingerprint density at radius 3 is 2.52 bits per heavy atom. The maximum absolute atomic E-state index is 12.4. The highest BCUT2D eigenvalue weighted by atomic mass is 35.5. The van der Waals surface area contributed by atoms with Gasteiger partial charge in [0.1, 0.15) is 0 Å². The molecule has 1 saturated heterocycles. The first-order valence-corrected chi connectivity index (χ1v) is 8.91. The summed E-state index contributed by atoms with van der Waals surface area (Å²) < 4.78 is 0. The number of hydrogen-bond acceptors (Lipinski definition) is 3. The number of pyridine rings is 1. The quantitative estimate of drug-likeness (QED) is 0.763. The SMILES string of the molecule is O=C(/C=C/c1cc(Cl)ccc1Cl)N1CCN(Cc2ccncc2)CC1. The maximum atomic E-state index is 12.4. The lowest BCUT2D eigenvalue weighted by atomic mass is 10.2. The Kier molecular flexibility index (Phi) is 6.08. The second-order valence-electron chi connectivity index (χ2n) is 5.96. The Labute approximate surface area is 157 Å². The van der Waals surface area contributed by atoms with Crippen LogP contribution in [0.1, 0.15) is 11.1 Å².